The van der Waals surface area contributed by atoms with Gasteiger partial charge in [-0.15, -0.1) is 0 Å². The molecule has 0 bridgehead atoms. The second-order valence-corrected chi connectivity index (χ2v) is 12.5. The smallest absolute Gasteiger partial charge is 0.220 e. The lowest BCUT2D eigenvalue weighted by molar-refractivity contribution is 0.154. The van der Waals surface area contributed by atoms with Crippen LogP contribution in [0.2, 0.25) is 10.0 Å². The number of hydrogen-bond donors (Lipinski definition) is 1. The summed E-state index contributed by atoms with van der Waals surface area (Å²) in [7, 11) is 0. The third kappa shape index (κ3) is 5.11. The van der Waals surface area contributed by atoms with Gasteiger partial charge in [-0.05, 0) is 17.7 Å². The van der Waals surface area contributed by atoms with Crippen LogP contribution in [-0.2, 0) is 5.66 Å². The summed E-state index contributed by atoms with van der Waals surface area (Å²) >= 11 is 14.4. The van der Waals surface area contributed by atoms with Crippen molar-refractivity contribution in [1.82, 2.24) is 10.2 Å². The summed E-state index contributed by atoms with van der Waals surface area (Å²) < 4.78 is 0. The topological polar surface area (TPSA) is 40.0 Å². The highest BCUT2D eigenvalue weighted by atomic mass is 35.5. The zero-order valence-electron chi connectivity index (χ0n) is 25.8. The van der Waals surface area contributed by atoms with Gasteiger partial charge in [0.15, 0.2) is 5.66 Å². The van der Waals surface area contributed by atoms with Crippen molar-refractivity contribution >= 4 is 46.0 Å². The standard InChI is InChI=1S/C42H30Cl2N4/c43-35-27-15-13-25-33(35)42(34-26-14-16-28-36(34)44)47-39(31-21-9-3-10-22-31)40(32-23-11-4-12-24-32)48(42)41-45-37(29-17-5-1-6-18-29)38(46-41)30-19-7-2-8-20-30/h1-28,41,47H. The minimum atomic E-state index is -1.11. The number of aliphatic imine (C=N–C) groups is 2. The summed E-state index contributed by atoms with van der Waals surface area (Å²) in [5, 5.41) is 5.20. The van der Waals surface area contributed by atoms with Crippen molar-refractivity contribution < 1.29 is 0 Å². The van der Waals surface area contributed by atoms with Gasteiger partial charge in [0.05, 0.1) is 22.8 Å². The number of nitrogens with zero attached hydrogens (tertiary/aromatic N) is 3. The van der Waals surface area contributed by atoms with Crippen molar-refractivity contribution in [3.8, 4) is 0 Å². The average molecular weight is 662 g/mol. The Bertz CT molecular complexity index is 2080. The fourth-order valence-electron chi connectivity index (χ4n) is 6.73. The fourth-order valence-corrected chi connectivity index (χ4v) is 7.28. The molecule has 8 rings (SSSR count). The van der Waals surface area contributed by atoms with Gasteiger partial charge in [-0.3, -0.25) is 4.90 Å². The Balaban J connectivity index is 1.49. The molecule has 0 radical (unpaired) electrons. The van der Waals surface area contributed by atoms with Crippen molar-refractivity contribution in [2.45, 2.75) is 12.0 Å². The van der Waals surface area contributed by atoms with Crippen molar-refractivity contribution in [3.63, 3.8) is 0 Å². The zero-order valence-corrected chi connectivity index (χ0v) is 27.4. The van der Waals surface area contributed by atoms with Gasteiger partial charge < -0.3 is 5.32 Å². The molecule has 0 saturated heterocycles. The lowest BCUT2D eigenvalue weighted by atomic mass is 9.89. The van der Waals surface area contributed by atoms with Crippen LogP contribution in [0.1, 0.15) is 33.4 Å². The molecule has 0 unspecified atom stereocenters. The van der Waals surface area contributed by atoms with E-state index >= 15 is 0 Å². The average Bonchev–Trinajstić information content (AvgIpc) is 3.74. The predicted octanol–water partition coefficient (Wildman–Crippen LogP) is 9.90. The van der Waals surface area contributed by atoms with Gasteiger partial charge in [-0.25, -0.2) is 9.98 Å². The van der Waals surface area contributed by atoms with Crippen molar-refractivity contribution in [3.05, 3.63) is 213 Å². The SMILES string of the molecule is Clc1ccccc1C1(c2ccccc2Cl)NC(c2ccccc2)=C(c2ccccc2)N1C1N=C(c2ccccc2)C(c2ccccc2)=N1. The van der Waals surface area contributed by atoms with Crippen LogP contribution in [0.5, 0.6) is 0 Å². The van der Waals surface area contributed by atoms with E-state index in [-0.39, 0.29) is 0 Å². The minimum Gasteiger partial charge on any atom is -0.353 e. The molecule has 232 valence electrons. The van der Waals surface area contributed by atoms with Crippen LogP contribution in [0, 0.1) is 0 Å². The van der Waals surface area contributed by atoms with Crippen LogP contribution in [-0.4, -0.2) is 22.6 Å². The molecule has 1 N–H and O–H groups in total. The normalized spacial score (nSPS) is 15.7. The summed E-state index contributed by atoms with van der Waals surface area (Å²) in [6, 6.07) is 57.1. The van der Waals surface area contributed by atoms with Crippen molar-refractivity contribution in [2.24, 2.45) is 9.98 Å². The number of halogens is 2. The molecule has 0 spiro atoms. The highest BCUT2D eigenvalue weighted by Gasteiger charge is 2.54. The van der Waals surface area contributed by atoms with Crippen LogP contribution in [0.25, 0.3) is 11.4 Å². The molecule has 0 atom stereocenters. The van der Waals surface area contributed by atoms with Gasteiger partial charge in [0.2, 0.25) is 6.29 Å². The molecule has 0 fully saturated rings. The molecule has 6 heteroatoms. The first kappa shape index (κ1) is 29.9. The second kappa shape index (κ2) is 12.6. The Morgan fingerprint density at radius 1 is 0.458 bits per heavy atom. The van der Waals surface area contributed by atoms with E-state index in [0.29, 0.717) is 10.0 Å². The maximum atomic E-state index is 7.20. The van der Waals surface area contributed by atoms with Gasteiger partial charge in [0.25, 0.3) is 0 Å². The summed E-state index contributed by atoms with van der Waals surface area (Å²) in [5.74, 6) is 0. The molecule has 2 aliphatic rings. The van der Waals surface area contributed by atoms with E-state index in [1.165, 1.54) is 0 Å². The first-order chi connectivity index (χ1) is 23.6. The summed E-state index contributed by atoms with van der Waals surface area (Å²) in [4.78, 5) is 13.2. The number of hydrogen-bond acceptors (Lipinski definition) is 4. The van der Waals surface area contributed by atoms with Gasteiger partial charge in [0, 0.05) is 37.9 Å². The fraction of sp³-hybridized carbons (Fsp3) is 0.0476. The highest BCUT2D eigenvalue weighted by molar-refractivity contribution is 6.54. The molecule has 6 aromatic carbocycles. The van der Waals surface area contributed by atoms with Gasteiger partial charge in [-0.1, -0.05) is 181 Å². The quantitative estimate of drug-likeness (QED) is 0.185. The molecule has 0 saturated carbocycles. The summed E-state index contributed by atoms with van der Waals surface area (Å²) in [6.07, 6.45) is -0.702. The van der Waals surface area contributed by atoms with Crippen LogP contribution < -0.4 is 5.32 Å². The van der Waals surface area contributed by atoms with Gasteiger partial charge in [0.1, 0.15) is 0 Å². The van der Waals surface area contributed by atoms with E-state index in [1.807, 2.05) is 84.9 Å². The molecule has 0 amide bonds. The molecule has 2 aliphatic heterocycles. The molecular weight excluding hydrogens is 631 g/mol. The van der Waals surface area contributed by atoms with E-state index in [9.17, 15) is 0 Å². The third-order valence-electron chi connectivity index (χ3n) is 8.82. The van der Waals surface area contributed by atoms with E-state index in [4.69, 9.17) is 33.2 Å². The monoisotopic (exact) mass is 660 g/mol. The Kier molecular flexibility index (Phi) is 7.89. The molecule has 0 aromatic heterocycles. The Hall–Kier alpha value is -5.42. The number of nitrogens with one attached hydrogen (secondary N) is 1. The lowest BCUT2D eigenvalue weighted by Gasteiger charge is -2.44. The zero-order chi connectivity index (χ0) is 32.5. The molecule has 6 aromatic rings. The Labute approximate surface area is 290 Å². The largest absolute Gasteiger partial charge is 0.353 e. The Morgan fingerprint density at radius 3 is 1.27 bits per heavy atom. The number of benzene rings is 6. The molecule has 0 aliphatic carbocycles. The lowest BCUT2D eigenvalue weighted by Crippen LogP contribution is -2.53. The first-order valence-electron chi connectivity index (χ1n) is 15.8. The van der Waals surface area contributed by atoms with E-state index < -0.39 is 12.0 Å². The highest BCUT2D eigenvalue weighted by Crippen LogP contribution is 2.52. The van der Waals surface area contributed by atoms with Crippen molar-refractivity contribution in [1.29, 1.82) is 0 Å². The molecule has 2 heterocycles. The van der Waals surface area contributed by atoms with Crippen molar-refractivity contribution in [2.75, 3.05) is 0 Å². The third-order valence-corrected chi connectivity index (χ3v) is 9.48. The van der Waals surface area contributed by atoms with E-state index in [0.717, 1.165) is 56.2 Å². The van der Waals surface area contributed by atoms with Gasteiger partial charge in [-0.2, -0.15) is 0 Å². The predicted molar refractivity (Wildman–Crippen MR) is 198 cm³/mol. The maximum absolute atomic E-state index is 7.20. The second-order valence-electron chi connectivity index (χ2n) is 11.7. The molecule has 4 nitrogen and oxygen atoms in total. The molecular formula is C42H30Cl2N4. The van der Waals surface area contributed by atoms with Gasteiger partial charge >= 0.3 is 0 Å². The summed E-state index contributed by atoms with van der Waals surface area (Å²) in [6.45, 7) is 0. The summed E-state index contributed by atoms with van der Waals surface area (Å²) in [5.41, 5.74) is 8.04. The van der Waals surface area contributed by atoms with Crippen LogP contribution >= 0.6 is 23.2 Å². The van der Waals surface area contributed by atoms with Crippen LogP contribution in [0.3, 0.4) is 0 Å². The molecule has 48 heavy (non-hydrogen) atoms. The number of rotatable bonds is 7. The minimum absolute atomic E-state index is 0.592. The maximum Gasteiger partial charge on any atom is 0.220 e. The Morgan fingerprint density at radius 2 is 0.833 bits per heavy atom. The van der Waals surface area contributed by atoms with Crippen LogP contribution in [0.15, 0.2) is 180 Å². The van der Waals surface area contributed by atoms with E-state index in [2.05, 4.69) is 95.1 Å². The first-order valence-corrected chi connectivity index (χ1v) is 16.6. The van der Waals surface area contributed by atoms with Crippen LogP contribution in [0.4, 0.5) is 0 Å². The van der Waals surface area contributed by atoms with E-state index in [1.54, 1.807) is 0 Å².